The van der Waals surface area contributed by atoms with Crippen LogP contribution >= 0.6 is 34.5 Å². The minimum Gasteiger partial charge on any atom is -0.493 e. The van der Waals surface area contributed by atoms with Crippen LogP contribution in [-0.4, -0.2) is 39.1 Å². The maximum Gasteiger partial charge on any atom is 0.341 e. The average molecular weight is 523 g/mol. The second-order valence-electron chi connectivity index (χ2n) is 6.83. The normalized spacial score (nSPS) is 10.4. The number of rotatable bonds is 7. The fraction of sp³-hybridized carbons (Fsp3) is 0.174. The molecule has 0 fully saturated rings. The van der Waals surface area contributed by atoms with Crippen molar-refractivity contribution in [1.29, 1.82) is 0 Å². The van der Waals surface area contributed by atoms with Gasteiger partial charge >= 0.3 is 5.97 Å². The van der Waals surface area contributed by atoms with Crippen LogP contribution in [0.25, 0.3) is 0 Å². The number of esters is 1. The van der Waals surface area contributed by atoms with Gasteiger partial charge < -0.3 is 24.8 Å². The molecule has 34 heavy (non-hydrogen) atoms. The van der Waals surface area contributed by atoms with Gasteiger partial charge in [0.25, 0.3) is 11.8 Å². The molecule has 3 aromatic rings. The van der Waals surface area contributed by atoms with Crippen molar-refractivity contribution in [3.05, 3.63) is 68.0 Å². The van der Waals surface area contributed by atoms with E-state index in [1.807, 2.05) is 0 Å². The van der Waals surface area contributed by atoms with Gasteiger partial charge in [-0.25, -0.2) is 4.79 Å². The number of thiophene rings is 1. The molecule has 3 rings (SSSR count). The lowest BCUT2D eigenvalue weighted by molar-refractivity contribution is 0.0601. The van der Waals surface area contributed by atoms with Gasteiger partial charge in [-0.2, -0.15) is 0 Å². The molecular weight excluding hydrogens is 503 g/mol. The number of anilines is 2. The third kappa shape index (κ3) is 5.11. The topological polar surface area (TPSA) is 103 Å². The number of carbonyl (C=O) groups excluding carboxylic acids is 3. The van der Waals surface area contributed by atoms with Gasteiger partial charge in [0.2, 0.25) is 0 Å². The summed E-state index contributed by atoms with van der Waals surface area (Å²) in [4.78, 5) is 38.6. The molecule has 0 saturated carbocycles. The second kappa shape index (κ2) is 10.8. The smallest absolute Gasteiger partial charge is 0.341 e. The summed E-state index contributed by atoms with van der Waals surface area (Å²) in [6.45, 7) is 1.59. The minimum atomic E-state index is -0.698. The molecule has 0 aliphatic rings. The summed E-state index contributed by atoms with van der Waals surface area (Å²) in [5.41, 5.74) is 0.984. The van der Waals surface area contributed by atoms with Gasteiger partial charge in [-0.3, -0.25) is 9.59 Å². The van der Waals surface area contributed by atoms with Crippen LogP contribution in [0.2, 0.25) is 10.0 Å². The quantitative estimate of drug-likeness (QED) is 0.387. The Morgan fingerprint density at radius 2 is 1.62 bits per heavy atom. The molecule has 2 amide bonds. The molecule has 0 aliphatic heterocycles. The fourth-order valence-electron chi connectivity index (χ4n) is 3.10. The fourth-order valence-corrected chi connectivity index (χ4v) is 4.53. The summed E-state index contributed by atoms with van der Waals surface area (Å²) in [7, 11) is 4.15. The zero-order valence-corrected chi connectivity index (χ0v) is 20.9. The summed E-state index contributed by atoms with van der Waals surface area (Å²) in [5, 5.41) is 5.98. The van der Waals surface area contributed by atoms with Crippen molar-refractivity contribution < 1.29 is 28.6 Å². The second-order valence-corrected chi connectivity index (χ2v) is 8.64. The molecule has 2 N–H and O–H groups in total. The highest BCUT2D eigenvalue weighted by Gasteiger charge is 2.27. The number of nitrogens with one attached hydrogen (secondary N) is 2. The zero-order chi connectivity index (χ0) is 25.0. The van der Waals surface area contributed by atoms with Gasteiger partial charge in [0.15, 0.2) is 11.5 Å². The van der Waals surface area contributed by atoms with Crippen molar-refractivity contribution in [2.45, 2.75) is 6.92 Å². The van der Waals surface area contributed by atoms with Crippen molar-refractivity contribution in [1.82, 2.24) is 0 Å². The number of carbonyl (C=O) groups is 3. The van der Waals surface area contributed by atoms with E-state index in [4.69, 9.17) is 37.4 Å². The van der Waals surface area contributed by atoms with E-state index < -0.39 is 17.8 Å². The molecule has 11 heteroatoms. The Bertz CT molecular complexity index is 1270. The Balaban J connectivity index is 1.95. The van der Waals surface area contributed by atoms with Crippen molar-refractivity contribution in [3.8, 4) is 11.5 Å². The number of halogens is 2. The van der Waals surface area contributed by atoms with E-state index in [1.54, 1.807) is 37.3 Å². The Hall–Kier alpha value is -3.27. The molecule has 0 aliphatic carbocycles. The predicted molar refractivity (Wildman–Crippen MR) is 132 cm³/mol. The molecule has 0 saturated heterocycles. The number of ether oxygens (including phenoxy) is 3. The van der Waals surface area contributed by atoms with Crippen molar-refractivity contribution in [3.63, 3.8) is 0 Å². The third-order valence-corrected chi connectivity index (χ3v) is 6.84. The van der Waals surface area contributed by atoms with Crippen molar-refractivity contribution in [2.24, 2.45) is 0 Å². The Morgan fingerprint density at radius 3 is 2.26 bits per heavy atom. The molecule has 8 nitrogen and oxygen atoms in total. The van der Waals surface area contributed by atoms with E-state index in [9.17, 15) is 14.4 Å². The molecule has 0 atom stereocenters. The standard InChI is InChI=1S/C23H20Cl2N2O6S/c1-11-17(23(30)33-4)22(27-20(28)12-8-9-15(31-2)16(10-12)32-3)34-19(11)21(29)26-14-7-5-6-13(24)18(14)25/h5-10H,1-4H3,(H,26,29)(H,27,28). The van der Waals surface area contributed by atoms with E-state index in [2.05, 4.69) is 10.6 Å². The minimum absolute atomic E-state index is 0.0728. The number of methoxy groups -OCH3 is 3. The SMILES string of the molecule is COC(=O)c1c(NC(=O)c2ccc(OC)c(OC)c2)sc(C(=O)Nc2cccc(Cl)c2Cl)c1C. The van der Waals surface area contributed by atoms with Crippen LogP contribution in [-0.2, 0) is 4.74 Å². The molecule has 2 aromatic carbocycles. The molecule has 0 radical (unpaired) electrons. The van der Waals surface area contributed by atoms with E-state index in [0.717, 1.165) is 11.3 Å². The Kier molecular flexibility index (Phi) is 8.03. The van der Waals surface area contributed by atoms with E-state index in [0.29, 0.717) is 22.7 Å². The summed E-state index contributed by atoms with van der Waals surface area (Å²) >= 11 is 13.1. The Morgan fingerprint density at radius 1 is 0.912 bits per heavy atom. The lowest BCUT2D eigenvalue weighted by Crippen LogP contribution is -2.14. The average Bonchev–Trinajstić information content (AvgIpc) is 3.16. The Labute approximate surface area is 209 Å². The third-order valence-electron chi connectivity index (χ3n) is 4.82. The first kappa shape index (κ1) is 25.4. The van der Waals surface area contributed by atoms with Gasteiger partial charge in [0, 0.05) is 5.56 Å². The summed E-state index contributed by atoms with van der Waals surface area (Å²) < 4.78 is 15.3. The van der Waals surface area contributed by atoms with Crippen molar-refractivity contribution >= 4 is 63.0 Å². The molecule has 178 valence electrons. The number of hydrogen-bond acceptors (Lipinski definition) is 7. The van der Waals surface area contributed by atoms with Crippen LogP contribution in [0, 0.1) is 6.92 Å². The first-order valence-corrected chi connectivity index (χ1v) is 11.3. The van der Waals surface area contributed by atoms with Crippen LogP contribution in [0.1, 0.15) is 36.0 Å². The molecule has 0 bridgehead atoms. The van der Waals surface area contributed by atoms with Crippen LogP contribution < -0.4 is 20.1 Å². The first-order valence-electron chi connectivity index (χ1n) is 9.72. The monoisotopic (exact) mass is 522 g/mol. The number of amides is 2. The lowest BCUT2D eigenvalue weighted by atomic mass is 10.1. The molecular formula is C23H20Cl2N2O6S. The maximum atomic E-state index is 13.0. The lowest BCUT2D eigenvalue weighted by Gasteiger charge is -2.10. The van der Waals surface area contributed by atoms with Gasteiger partial charge in [-0.15, -0.1) is 11.3 Å². The van der Waals surface area contributed by atoms with Gasteiger partial charge in [0.05, 0.1) is 47.5 Å². The van der Waals surface area contributed by atoms with Crippen LogP contribution in [0.4, 0.5) is 10.7 Å². The maximum absolute atomic E-state index is 13.0. The van der Waals surface area contributed by atoms with Crippen LogP contribution in [0.15, 0.2) is 36.4 Å². The van der Waals surface area contributed by atoms with Gasteiger partial charge in [-0.05, 0) is 42.8 Å². The number of benzene rings is 2. The van der Waals surface area contributed by atoms with E-state index in [-0.39, 0.29) is 31.1 Å². The zero-order valence-electron chi connectivity index (χ0n) is 18.6. The molecule has 0 spiro atoms. The highest BCUT2D eigenvalue weighted by atomic mass is 35.5. The molecule has 1 aromatic heterocycles. The predicted octanol–water partition coefficient (Wildman–Crippen LogP) is 5.67. The number of hydrogen-bond donors (Lipinski definition) is 2. The van der Waals surface area contributed by atoms with Gasteiger partial charge in [0.1, 0.15) is 5.00 Å². The van der Waals surface area contributed by atoms with Crippen LogP contribution in [0.5, 0.6) is 11.5 Å². The summed E-state index contributed by atoms with van der Waals surface area (Å²) in [6, 6.07) is 9.45. The largest absolute Gasteiger partial charge is 0.493 e. The summed E-state index contributed by atoms with van der Waals surface area (Å²) in [5.74, 6) is -0.916. The first-order chi connectivity index (χ1) is 16.2. The molecule has 1 heterocycles. The highest BCUT2D eigenvalue weighted by Crippen LogP contribution is 2.36. The summed E-state index contributed by atoms with van der Waals surface area (Å²) in [6.07, 6.45) is 0. The van der Waals surface area contributed by atoms with Crippen LogP contribution in [0.3, 0.4) is 0 Å². The van der Waals surface area contributed by atoms with E-state index >= 15 is 0 Å². The van der Waals surface area contributed by atoms with Crippen molar-refractivity contribution in [2.75, 3.05) is 32.0 Å². The highest BCUT2D eigenvalue weighted by molar-refractivity contribution is 7.19. The van der Waals surface area contributed by atoms with E-state index in [1.165, 1.54) is 27.4 Å². The van der Waals surface area contributed by atoms with Gasteiger partial charge in [-0.1, -0.05) is 29.3 Å². The molecule has 0 unspecified atom stereocenters.